The summed E-state index contributed by atoms with van der Waals surface area (Å²) in [6.07, 6.45) is 5.00. The van der Waals surface area contributed by atoms with Crippen molar-refractivity contribution >= 4 is 21.8 Å². The molecule has 33 heavy (non-hydrogen) atoms. The van der Waals surface area contributed by atoms with Gasteiger partial charge in [0.15, 0.2) is 0 Å². The maximum absolute atomic E-state index is 13.9. The first-order valence-corrected chi connectivity index (χ1v) is 12.9. The molecule has 0 unspecified atom stereocenters. The van der Waals surface area contributed by atoms with Gasteiger partial charge in [-0.1, -0.05) is 48.0 Å². The molecule has 174 valence electrons. The van der Waals surface area contributed by atoms with Crippen LogP contribution in [0.15, 0.2) is 65.6 Å². The number of likely N-dealkylation sites (tertiary alicyclic amines) is 1. The Hall–Kier alpha value is -2.80. The van der Waals surface area contributed by atoms with E-state index in [0.717, 1.165) is 11.1 Å². The summed E-state index contributed by atoms with van der Waals surface area (Å²) in [6, 6.07) is 14.2. The summed E-state index contributed by atoms with van der Waals surface area (Å²) < 4.78 is 35.2. The Morgan fingerprint density at radius 1 is 1.09 bits per heavy atom. The number of sulfonamides is 1. The molecular formula is C26H30N2O4S. The Labute approximate surface area is 195 Å². The van der Waals surface area contributed by atoms with E-state index in [4.69, 9.17) is 4.74 Å². The van der Waals surface area contributed by atoms with Gasteiger partial charge in [-0.15, -0.1) is 0 Å². The third-order valence-corrected chi connectivity index (χ3v) is 8.87. The maximum atomic E-state index is 13.9. The molecule has 1 aliphatic carbocycles. The zero-order valence-corrected chi connectivity index (χ0v) is 20.3. The number of rotatable bonds is 2. The van der Waals surface area contributed by atoms with Crippen molar-refractivity contribution in [1.82, 2.24) is 4.90 Å². The summed E-state index contributed by atoms with van der Waals surface area (Å²) in [4.78, 5) is 15.1. The van der Waals surface area contributed by atoms with Crippen molar-refractivity contribution in [1.29, 1.82) is 0 Å². The topological polar surface area (TPSA) is 66.9 Å². The number of anilines is 1. The number of amides is 1. The predicted molar refractivity (Wildman–Crippen MR) is 128 cm³/mol. The lowest BCUT2D eigenvalue weighted by Crippen LogP contribution is -2.55. The van der Waals surface area contributed by atoms with Crippen LogP contribution in [0.4, 0.5) is 10.5 Å². The first-order valence-electron chi connectivity index (χ1n) is 11.4. The fraction of sp³-hybridized carbons (Fsp3) is 0.423. The average Bonchev–Trinajstić information content (AvgIpc) is 3.28. The van der Waals surface area contributed by atoms with E-state index in [0.29, 0.717) is 25.1 Å². The van der Waals surface area contributed by atoms with Crippen LogP contribution < -0.4 is 4.31 Å². The monoisotopic (exact) mass is 466 g/mol. The van der Waals surface area contributed by atoms with Gasteiger partial charge in [-0.3, -0.25) is 4.31 Å². The van der Waals surface area contributed by atoms with Crippen LogP contribution in [0.5, 0.6) is 0 Å². The number of ether oxygens (including phenoxy) is 1. The van der Waals surface area contributed by atoms with Crippen molar-refractivity contribution in [2.24, 2.45) is 0 Å². The number of hydrogen-bond acceptors (Lipinski definition) is 4. The molecule has 0 radical (unpaired) electrons. The molecule has 0 bridgehead atoms. The lowest BCUT2D eigenvalue weighted by Gasteiger charge is -2.42. The second-order valence-corrected chi connectivity index (χ2v) is 12.0. The molecule has 1 saturated heterocycles. The second-order valence-electron chi connectivity index (χ2n) is 10.2. The van der Waals surface area contributed by atoms with Gasteiger partial charge >= 0.3 is 6.09 Å². The van der Waals surface area contributed by atoms with Crippen LogP contribution in [-0.2, 0) is 20.2 Å². The van der Waals surface area contributed by atoms with Crippen LogP contribution >= 0.6 is 0 Å². The zero-order chi connectivity index (χ0) is 23.6. The van der Waals surface area contributed by atoms with Crippen LogP contribution in [0.1, 0.15) is 44.7 Å². The maximum Gasteiger partial charge on any atom is 0.410 e. The third kappa shape index (κ3) is 3.28. The number of aryl methyl sites for hydroxylation is 1. The molecule has 1 spiro atoms. The molecule has 0 aromatic heterocycles. The molecule has 2 aromatic rings. The smallest absolute Gasteiger partial charge is 0.410 e. The molecule has 2 aromatic carbocycles. The van der Waals surface area contributed by atoms with E-state index in [9.17, 15) is 13.2 Å². The quantitative estimate of drug-likeness (QED) is 0.598. The summed E-state index contributed by atoms with van der Waals surface area (Å²) in [7, 11) is -3.78. The van der Waals surface area contributed by atoms with E-state index in [1.165, 1.54) is 0 Å². The highest BCUT2D eigenvalue weighted by atomic mass is 32.2. The predicted octanol–water partition coefficient (Wildman–Crippen LogP) is 4.78. The Morgan fingerprint density at radius 2 is 1.79 bits per heavy atom. The van der Waals surface area contributed by atoms with Crippen LogP contribution in [-0.4, -0.2) is 43.6 Å². The summed E-state index contributed by atoms with van der Waals surface area (Å²) in [5.74, 6) is 0. The Morgan fingerprint density at radius 3 is 2.48 bits per heavy atom. The number of nitrogens with zero attached hydrogens (tertiary/aromatic N) is 2. The summed E-state index contributed by atoms with van der Waals surface area (Å²) >= 11 is 0. The molecule has 3 atom stereocenters. The van der Waals surface area contributed by atoms with E-state index in [2.05, 4.69) is 6.08 Å². The number of para-hydroxylation sites is 1. The highest BCUT2D eigenvalue weighted by Crippen LogP contribution is 2.57. The molecule has 2 heterocycles. The van der Waals surface area contributed by atoms with Gasteiger partial charge in [0.05, 0.1) is 22.7 Å². The van der Waals surface area contributed by atoms with Crippen molar-refractivity contribution in [3.8, 4) is 0 Å². The van der Waals surface area contributed by atoms with Gasteiger partial charge in [0.25, 0.3) is 10.0 Å². The van der Waals surface area contributed by atoms with Crippen LogP contribution in [0.2, 0.25) is 0 Å². The van der Waals surface area contributed by atoms with Crippen molar-refractivity contribution in [2.75, 3.05) is 10.8 Å². The minimum atomic E-state index is -3.78. The lowest BCUT2D eigenvalue weighted by molar-refractivity contribution is 0.0228. The van der Waals surface area contributed by atoms with Crippen LogP contribution in [0, 0.1) is 6.92 Å². The summed E-state index contributed by atoms with van der Waals surface area (Å²) in [5.41, 5.74) is 1.62. The van der Waals surface area contributed by atoms with Crippen molar-refractivity contribution < 1.29 is 17.9 Å². The average molecular weight is 467 g/mol. The third-order valence-electron chi connectivity index (χ3n) is 7.03. The van der Waals surface area contributed by atoms with Crippen molar-refractivity contribution in [2.45, 2.75) is 68.5 Å². The molecule has 1 fully saturated rings. The Bertz CT molecular complexity index is 1230. The minimum Gasteiger partial charge on any atom is -0.444 e. The molecule has 6 nitrogen and oxygen atoms in total. The molecule has 0 N–H and O–H groups in total. The van der Waals surface area contributed by atoms with E-state index in [1.807, 2.05) is 70.2 Å². The number of carbonyl (C=O) groups is 1. The molecule has 1 amide bonds. The molecule has 3 aliphatic rings. The highest BCUT2D eigenvalue weighted by molar-refractivity contribution is 7.92. The van der Waals surface area contributed by atoms with Gasteiger partial charge < -0.3 is 9.64 Å². The first kappa shape index (κ1) is 22.0. The van der Waals surface area contributed by atoms with Gasteiger partial charge in [0.2, 0.25) is 0 Å². The van der Waals surface area contributed by atoms with Crippen LogP contribution in [0.3, 0.4) is 0 Å². The van der Waals surface area contributed by atoms with Gasteiger partial charge in [-0.2, -0.15) is 0 Å². The molecule has 0 saturated carbocycles. The van der Waals surface area contributed by atoms with E-state index in [1.54, 1.807) is 21.3 Å². The van der Waals surface area contributed by atoms with Crippen molar-refractivity contribution in [3.63, 3.8) is 0 Å². The second kappa shape index (κ2) is 7.35. The first-order chi connectivity index (χ1) is 15.6. The van der Waals surface area contributed by atoms with Crippen molar-refractivity contribution in [3.05, 3.63) is 71.8 Å². The van der Waals surface area contributed by atoms with Gasteiger partial charge in [0, 0.05) is 12.0 Å². The Balaban J connectivity index is 1.62. The molecule has 2 aliphatic heterocycles. The van der Waals surface area contributed by atoms with Gasteiger partial charge in [0.1, 0.15) is 5.60 Å². The summed E-state index contributed by atoms with van der Waals surface area (Å²) in [5, 5.41) is 0. The zero-order valence-electron chi connectivity index (χ0n) is 19.5. The van der Waals surface area contributed by atoms with E-state index in [-0.39, 0.29) is 23.1 Å². The van der Waals surface area contributed by atoms with Crippen LogP contribution in [0.25, 0.3) is 0 Å². The van der Waals surface area contributed by atoms with E-state index >= 15 is 0 Å². The fourth-order valence-corrected chi connectivity index (χ4v) is 7.44. The molecular weight excluding hydrogens is 436 g/mol. The minimum absolute atomic E-state index is 0.259. The van der Waals surface area contributed by atoms with Gasteiger partial charge in [-0.25, -0.2) is 13.2 Å². The number of hydrogen-bond donors (Lipinski definition) is 0. The Kier molecular flexibility index (Phi) is 4.90. The lowest BCUT2D eigenvalue weighted by atomic mass is 9.67. The molecule has 7 heteroatoms. The number of benzene rings is 2. The standard InChI is InChI=1S/C26H30N2O4S/c1-18-12-14-19(15-13-18)33(30,31)28-21-9-6-5-8-20(21)26-16-17-27(24(29)32-25(2,3)4)22(26)10-7-11-23(26)28/h5-10,12-15,22-23H,11,16-17H2,1-4H3/t22-,23-,26+/m0/s1. The fourth-order valence-electron chi connectivity index (χ4n) is 5.71. The normalized spacial score (nSPS) is 26.1. The number of carbonyl (C=O) groups excluding carboxylic acids is 1. The van der Waals surface area contributed by atoms with Gasteiger partial charge in [-0.05, 0) is 64.3 Å². The SMILES string of the molecule is Cc1ccc(S(=O)(=O)N2c3ccccc3[C@]34CCN(C(=O)OC(C)(C)C)[C@H]3C=CC[C@H]24)cc1. The highest BCUT2D eigenvalue weighted by Gasteiger charge is 2.63. The van der Waals surface area contributed by atoms with E-state index < -0.39 is 21.0 Å². The largest absolute Gasteiger partial charge is 0.444 e. The summed E-state index contributed by atoms with van der Waals surface area (Å²) in [6.45, 7) is 8.04. The molecule has 5 rings (SSSR count). The number of fused-ring (bicyclic) bond motifs is 1.